The van der Waals surface area contributed by atoms with Gasteiger partial charge in [-0.1, -0.05) is 6.92 Å². The summed E-state index contributed by atoms with van der Waals surface area (Å²) in [6, 6.07) is 2.51. The van der Waals surface area contributed by atoms with E-state index in [4.69, 9.17) is 9.84 Å². The summed E-state index contributed by atoms with van der Waals surface area (Å²) in [7, 11) is 1.82. The Labute approximate surface area is 153 Å². The van der Waals surface area contributed by atoms with Crippen LogP contribution >= 0.6 is 0 Å². The van der Waals surface area contributed by atoms with E-state index in [1.54, 1.807) is 10.6 Å². The summed E-state index contributed by atoms with van der Waals surface area (Å²) < 4.78 is 9.51. The van der Waals surface area contributed by atoms with Gasteiger partial charge in [-0.15, -0.1) is 0 Å². The number of fused-ring (bicyclic) bond motifs is 1. The van der Waals surface area contributed by atoms with Gasteiger partial charge < -0.3 is 19.5 Å². The maximum atomic E-state index is 12.6. The molecule has 7 nitrogen and oxygen atoms in total. The van der Waals surface area contributed by atoms with Crippen LogP contribution in [0, 0.1) is 0 Å². The predicted octanol–water partition coefficient (Wildman–Crippen LogP) is 2.01. The maximum absolute atomic E-state index is 12.6. The lowest BCUT2D eigenvalue weighted by Crippen LogP contribution is -2.55. The first kappa shape index (κ1) is 17.5. The summed E-state index contributed by atoms with van der Waals surface area (Å²) in [5.41, 5.74) is 2.74. The molecule has 26 heavy (non-hydrogen) atoms. The minimum absolute atomic E-state index is 0.0117. The van der Waals surface area contributed by atoms with E-state index < -0.39 is 0 Å². The van der Waals surface area contributed by atoms with Crippen LogP contribution < -0.4 is 15.8 Å². The van der Waals surface area contributed by atoms with Crippen LogP contribution in [-0.4, -0.2) is 46.1 Å². The molecule has 2 aliphatic rings. The Morgan fingerprint density at radius 1 is 1.38 bits per heavy atom. The average Bonchev–Trinajstić information content (AvgIpc) is 3.11. The zero-order chi connectivity index (χ0) is 18.3. The number of piperazine rings is 1. The van der Waals surface area contributed by atoms with Crippen molar-refractivity contribution in [2.75, 3.05) is 24.6 Å². The largest absolute Gasteiger partial charge is 0.364 e. The molecule has 142 valence electrons. The molecule has 1 unspecified atom stereocenters. The van der Waals surface area contributed by atoms with Crippen LogP contribution in [0.3, 0.4) is 0 Å². The van der Waals surface area contributed by atoms with Gasteiger partial charge in [-0.25, -0.2) is 4.68 Å². The van der Waals surface area contributed by atoms with Crippen LogP contribution in [0.4, 0.5) is 5.69 Å². The van der Waals surface area contributed by atoms with Gasteiger partial charge >= 0.3 is 0 Å². The lowest BCUT2D eigenvalue weighted by molar-refractivity contribution is -0.0390. The van der Waals surface area contributed by atoms with Crippen molar-refractivity contribution >= 4 is 16.7 Å². The minimum atomic E-state index is -0.0250. The number of nitrogens with zero attached hydrogens (tertiary/aromatic N) is 4. The predicted molar refractivity (Wildman–Crippen MR) is 103 cm³/mol. The molecule has 3 atom stereocenters. The second-order valence-electron chi connectivity index (χ2n) is 7.61. The van der Waals surface area contributed by atoms with Crippen molar-refractivity contribution in [3.8, 4) is 0 Å². The highest BCUT2D eigenvalue weighted by Crippen LogP contribution is 2.30. The smallest absolute Gasteiger partial charge is 0.252 e. The first-order valence-corrected chi connectivity index (χ1v) is 9.79. The fraction of sp³-hybridized carbons (Fsp3) is 0.684. The molecule has 2 aromatic rings. The molecule has 1 N–H and O–H groups in total. The summed E-state index contributed by atoms with van der Waals surface area (Å²) in [6.07, 6.45) is 6.21. The SMILES string of the molecule is CC[C@H]1CN[C@H](C)CN1c1cc(=O)n(C)c2cn(C3CCCCO3)nc12. The summed E-state index contributed by atoms with van der Waals surface area (Å²) in [6.45, 7) is 6.97. The van der Waals surface area contributed by atoms with Gasteiger partial charge in [0.1, 0.15) is 11.7 Å². The monoisotopic (exact) mass is 359 g/mol. The number of hydrogen-bond acceptors (Lipinski definition) is 5. The van der Waals surface area contributed by atoms with Crippen molar-refractivity contribution in [1.29, 1.82) is 0 Å². The molecule has 0 saturated carbocycles. The molecule has 0 bridgehead atoms. The summed E-state index contributed by atoms with van der Waals surface area (Å²) in [5, 5.41) is 8.42. The molecule has 0 spiro atoms. The average molecular weight is 359 g/mol. The molecule has 2 fully saturated rings. The minimum Gasteiger partial charge on any atom is -0.364 e. The Morgan fingerprint density at radius 3 is 2.96 bits per heavy atom. The standard InChI is InChI=1S/C19H29N5O2/c1-4-14-10-20-13(2)11-23(14)15-9-17(25)22(3)16-12-24(21-19(15)16)18-7-5-6-8-26-18/h9,12-14,18,20H,4-8,10-11H2,1-3H3/t13-,14+,18?/m1/s1. The van der Waals surface area contributed by atoms with Gasteiger partial charge in [0, 0.05) is 44.9 Å². The fourth-order valence-corrected chi connectivity index (χ4v) is 4.13. The summed E-state index contributed by atoms with van der Waals surface area (Å²) in [4.78, 5) is 15.0. The number of aromatic nitrogens is 3. The Morgan fingerprint density at radius 2 is 2.23 bits per heavy atom. The van der Waals surface area contributed by atoms with E-state index in [9.17, 15) is 4.79 Å². The van der Waals surface area contributed by atoms with E-state index in [1.165, 1.54) is 0 Å². The quantitative estimate of drug-likeness (QED) is 0.908. The number of rotatable bonds is 3. The zero-order valence-electron chi connectivity index (χ0n) is 15.9. The van der Waals surface area contributed by atoms with E-state index in [0.717, 1.165) is 62.1 Å². The third kappa shape index (κ3) is 3.03. The highest BCUT2D eigenvalue weighted by molar-refractivity contribution is 5.88. The Kier molecular flexibility index (Phi) is 4.75. The first-order valence-electron chi connectivity index (χ1n) is 9.79. The van der Waals surface area contributed by atoms with Crippen molar-refractivity contribution in [2.45, 2.75) is 57.8 Å². The number of nitrogens with one attached hydrogen (secondary N) is 1. The van der Waals surface area contributed by atoms with Gasteiger partial charge in [-0.3, -0.25) is 4.79 Å². The molecule has 4 heterocycles. The number of pyridine rings is 1. The molecule has 2 aromatic heterocycles. The molecule has 4 rings (SSSR count). The topological polar surface area (TPSA) is 64.3 Å². The third-order valence-electron chi connectivity index (χ3n) is 5.75. The molecule has 2 saturated heterocycles. The van der Waals surface area contributed by atoms with Gasteiger partial charge in [0.25, 0.3) is 5.56 Å². The third-order valence-corrected chi connectivity index (χ3v) is 5.75. The molecule has 7 heteroatoms. The van der Waals surface area contributed by atoms with Crippen molar-refractivity contribution < 1.29 is 4.74 Å². The summed E-state index contributed by atoms with van der Waals surface area (Å²) >= 11 is 0. The van der Waals surface area contributed by atoms with Crippen LogP contribution in [0.25, 0.3) is 11.0 Å². The number of anilines is 1. The van der Waals surface area contributed by atoms with Crippen LogP contribution in [-0.2, 0) is 11.8 Å². The molecule has 0 aromatic carbocycles. The molecular formula is C19H29N5O2. The second kappa shape index (κ2) is 7.04. The second-order valence-corrected chi connectivity index (χ2v) is 7.61. The normalized spacial score (nSPS) is 27.2. The molecular weight excluding hydrogens is 330 g/mol. The first-order chi connectivity index (χ1) is 12.6. The molecule has 0 aliphatic carbocycles. The van der Waals surface area contributed by atoms with Crippen LogP contribution in [0.2, 0.25) is 0 Å². The van der Waals surface area contributed by atoms with Crippen molar-refractivity contribution in [1.82, 2.24) is 19.7 Å². The van der Waals surface area contributed by atoms with Gasteiger partial charge in [0.05, 0.1) is 17.4 Å². The van der Waals surface area contributed by atoms with Crippen LogP contribution in [0.15, 0.2) is 17.1 Å². The van der Waals surface area contributed by atoms with E-state index in [0.29, 0.717) is 12.1 Å². The lowest BCUT2D eigenvalue weighted by Gasteiger charge is -2.40. The van der Waals surface area contributed by atoms with Crippen molar-refractivity contribution in [3.63, 3.8) is 0 Å². The van der Waals surface area contributed by atoms with Crippen molar-refractivity contribution in [3.05, 3.63) is 22.6 Å². The van der Waals surface area contributed by atoms with E-state index in [1.807, 2.05) is 17.9 Å². The molecule has 0 amide bonds. The lowest BCUT2D eigenvalue weighted by atomic mass is 10.1. The van der Waals surface area contributed by atoms with Crippen LogP contribution in [0.5, 0.6) is 0 Å². The summed E-state index contributed by atoms with van der Waals surface area (Å²) in [5.74, 6) is 0. The van der Waals surface area contributed by atoms with E-state index in [2.05, 4.69) is 24.1 Å². The highest BCUT2D eigenvalue weighted by Gasteiger charge is 2.28. The molecule has 2 aliphatic heterocycles. The van der Waals surface area contributed by atoms with Crippen molar-refractivity contribution in [2.24, 2.45) is 7.05 Å². The Bertz CT molecular complexity index is 836. The fourth-order valence-electron chi connectivity index (χ4n) is 4.13. The zero-order valence-corrected chi connectivity index (χ0v) is 15.9. The van der Waals surface area contributed by atoms with Gasteiger partial charge in [-0.05, 0) is 32.6 Å². The van der Waals surface area contributed by atoms with E-state index >= 15 is 0 Å². The Balaban J connectivity index is 1.82. The molecule has 0 radical (unpaired) electrons. The van der Waals surface area contributed by atoms with Gasteiger partial charge in [0.15, 0.2) is 0 Å². The van der Waals surface area contributed by atoms with Crippen LogP contribution in [0.1, 0.15) is 45.8 Å². The Hall–Kier alpha value is -1.86. The number of aryl methyl sites for hydroxylation is 1. The maximum Gasteiger partial charge on any atom is 0.252 e. The highest BCUT2D eigenvalue weighted by atomic mass is 16.5. The van der Waals surface area contributed by atoms with Gasteiger partial charge in [0.2, 0.25) is 0 Å². The van der Waals surface area contributed by atoms with Gasteiger partial charge in [-0.2, -0.15) is 5.10 Å². The number of hydrogen-bond donors (Lipinski definition) is 1. The number of ether oxygens (including phenoxy) is 1. The van der Waals surface area contributed by atoms with E-state index in [-0.39, 0.29) is 11.8 Å².